The van der Waals surface area contributed by atoms with Crippen molar-refractivity contribution in [3.63, 3.8) is 0 Å². The van der Waals surface area contributed by atoms with E-state index < -0.39 is 71.6 Å². The molecule has 16 atom stereocenters. The Morgan fingerprint density at radius 2 is 1.14 bits per heavy atom. The fourth-order valence-corrected chi connectivity index (χ4v) is 11.8. The van der Waals surface area contributed by atoms with Crippen molar-refractivity contribution in [3.05, 3.63) is 47.5 Å². The topological polar surface area (TPSA) is 155 Å². The van der Waals surface area contributed by atoms with E-state index in [2.05, 4.69) is 14.7 Å². The highest BCUT2D eigenvalue weighted by Gasteiger charge is 2.72. The van der Waals surface area contributed by atoms with Crippen molar-refractivity contribution in [2.45, 2.75) is 157 Å². The van der Waals surface area contributed by atoms with Crippen LogP contribution in [-0.2, 0) is 38.1 Å². The predicted molar refractivity (Wildman–Crippen MR) is 203 cm³/mol. The van der Waals surface area contributed by atoms with Crippen LogP contribution in [-0.4, -0.2) is 143 Å². The largest absolute Gasteiger partial charge is 0.462 e. The van der Waals surface area contributed by atoms with Gasteiger partial charge >= 0.3 is 23.9 Å². The first-order chi connectivity index (χ1) is 26.7. The van der Waals surface area contributed by atoms with Crippen LogP contribution in [0.5, 0.6) is 0 Å². The molecule has 7 aliphatic rings. The summed E-state index contributed by atoms with van der Waals surface area (Å²) in [5, 5.41) is 21.1. The van der Waals surface area contributed by atoms with E-state index >= 15 is 0 Å². The van der Waals surface area contributed by atoms with E-state index in [1.54, 1.807) is 26.8 Å². The monoisotopic (exact) mass is 777 g/mol. The van der Waals surface area contributed by atoms with Gasteiger partial charge in [-0.1, -0.05) is 36.4 Å². The van der Waals surface area contributed by atoms with Gasteiger partial charge in [0.25, 0.3) is 0 Å². The third-order valence-electron chi connectivity index (χ3n) is 15.2. The molecule has 6 aliphatic heterocycles. The molecular formula is C43H59N3O10. The Kier molecular flexibility index (Phi) is 10.6. The first-order valence-electron chi connectivity index (χ1n) is 20.7. The van der Waals surface area contributed by atoms with Gasteiger partial charge in [-0.25, -0.2) is 4.79 Å². The standard InChI is InChI=1S/C43H59N3O10/c1-7-22(2)39(49)54-34-18-26-15-29(21-32(34)46(26)6)53-40(50)37-36(23-11-9-8-10-12-23)38(41(51)55-33-16-24-13-27(47)19-30(33)44(24)4)43(37,3)42(52)56-35-17-25-14-28(48)20-31(35)45(25)5/h7-12,24-38,47-48H,13-21H2,1-6H3/b22-7-/t24?,25?,26?,27-,28-,29-,30?,31?,32?,33-,34-,35-,36-,37+,38-,43-/m1/s1. The molecule has 0 radical (unpaired) electrons. The van der Waals surface area contributed by atoms with Crippen molar-refractivity contribution in [2.75, 3.05) is 21.1 Å². The number of likely N-dealkylation sites (N-methyl/N-ethyl adjacent to an activating group) is 3. The third-order valence-corrected chi connectivity index (χ3v) is 15.2. The molecule has 6 bridgehead atoms. The number of rotatable bonds is 9. The Bertz CT molecular complexity index is 1720. The number of benzene rings is 1. The van der Waals surface area contributed by atoms with E-state index in [1.807, 2.05) is 51.5 Å². The highest BCUT2D eigenvalue weighted by molar-refractivity contribution is 5.96. The molecule has 6 saturated heterocycles. The van der Waals surface area contributed by atoms with Gasteiger partial charge in [0, 0.05) is 73.8 Å². The minimum absolute atomic E-state index is 0.0391. The number of allylic oxidation sites excluding steroid dienone is 1. The molecule has 306 valence electrons. The summed E-state index contributed by atoms with van der Waals surface area (Å²) in [5.74, 6) is -4.91. The normalized spacial score (nSPS) is 43.5. The third kappa shape index (κ3) is 6.68. The van der Waals surface area contributed by atoms with Gasteiger partial charge in [-0.15, -0.1) is 0 Å². The molecular weight excluding hydrogens is 718 g/mol. The molecule has 0 aromatic heterocycles. The number of hydrogen-bond donors (Lipinski definition) is 2. The number of carbonyl (C=O) groups excluding carboxylic acids is 4. The van der Waals surface area contributed by atoms with Gasteiger partial charge < -0.3 is 29.2 Å². The lowest BCUT2D eigenvalue weighted by Gasteiger charge is -2.55. The number of esters is 4. The predicted octanol–water partition coefficient (Wildman–Crippen LogP) is 2.96. The molecule has 2 N–H and O–H groups in total. The molecule has 1 aliphatic carbocycles. The minimum Gasteiger partial charge on any atom is -0.462 e. The summed E-state index contributed by atoms with van der Waals surface area (Å²) < 4.78 is 25.1. The van der Waals surface area contributed by atoms with Gasteiger partial charge in [0.05, 0.1) is 35.5 Å². The molecule has 1 aromatic carbocycles. The number of piperidine rings is 3. The zero-order valence-corrected chi connectivity index (χ0v) is 33.5. The fraction of sp³-hybridized carbons (Fsp3) is 0.721. The molecule has 7 fully saturated rings. The van der Waals surface area contributed by atoms with Crippen LogP contribution in [0.1, 0.15) is 90.0 Å². The number of nitrogens with zero attached hydrogens (tertiary/aromatic N) is 3. The van der Waals surface area contributed by atoms with Crippen LogP contribution >= 0.6 is 0 Å². The maximum atomic E-state index is 14.9. The van der Waals surface area contributed by atoms with Crippen LogP contribution in [0.4, 0.5) is 0 Å². The molecule has 0 spiro atoms. The summed E-state index contributed by atoms with van der Waals surface area (Å²) in [4.78, 5) is 63.6. The second-order valence-corrected chi connectivity index (χ2v) is 18.2. The molecule has 0 amide bonds. The maximum absolute atomic E-state index is 14.9. The molecule has 1 saturated carbocycles. The van der Waals surface area contributed by atoms with Crippen LogP contribution in [0.15, 0.2) is 42.0 Å². The highest BCUT2D eigenvalue weighted by atomic mass is 16.6. The highest BCUT2D eigenvalue weighted by Crippen LogP contribution is 2.63. The Labute approximate surface area is 329 Å². The van der Waals surface area contributed by atoms with Crippen molar-refractivity contribution in [2.24, 2.45) is 17.3 Å². The van der Waals surface area contributed by atoms with Crippen molar-refractivity contribution < 1.29 is 48.3 Å². The fourth-order valence-electron chi connectivity index (χ4n) is 11.8. The number of ether oxygens (including phenoxy) is 4. The van der Waals surface area contributed by atoms with Gasteiger partial charge in [0.15, 0.2) is 0 Å². The zero-order valence-electron chi connectivity index (χ0n) is 33.5. The molecule has 13 heteroatoms. The quantitative estimate of drug-likeness (QED) is 0.215. The Morgan fingerprint density at radius 1 is 0.661 bits per heavy atom. The van der Waals surface area contributed by atoms with Crippen LogP contribution in [0.2, 0.25) is 0 Å². The number of aliphatic hydroxyl groups excluding tert-OH is 2. The number of fused-ring (bicyclic) bond motifs is 6. The second kappa shape index (κ2) is 15.1. The van der Waals surface area contributed by atoms with Crippen LogP contribution in [0, 0.1) is 17.3 Å². The van der Waals surface area contributed by atoms with Gasteiger partial charge in [-0.3, -0.25) is 29.1 Å². The number of carbonyl (C=O) groups is 4. The second-order valence-electron chi connectivity index (χ2n) is 18.2. The molecule has 56 heavy (non-hydrogen) atoms. The lowest BCUT2D eigenvalue weighted by atomic mass is 9.45. The Balaban J connectivity index is 1.08. The summed E-state index contributed by atoms with van der Waals surface area (Å²) in [6.45, 7) is 5.19. The average Bonchev–Trinajstić information content (AvgIpc) is 3.50. The van der Waals surface area contributed by atoms with Gasteiger partial charge in [0.2, 0.25) is 0 Å². The summed E-state index contributed by atoms with van der Waals surface area (Å²) >= 11 is 0. The summed E-state index contributed by atoms with van der Waals surface area (Å²) in [6.07, 6.45) is 3.94. The zero-order chi connectivity index (χ0) is 39.8. The molecule has 13 nitrogen and oxygen atoms in total. The molecule has 1 aromatic rings. The van der Waals surface area contributed by atoms with Gasteiger partial charge in [-0.2, -0.15) is 0 Å². The van der Waals surface area contributed by atoms with E-state index in [0.717, 1.165) is 5.56 Å². The SMILES string of the molecule is C/C=C(/C)C(=O)O[C@@H]1CC2C[C@@H](OC(=O)[C@@H]3[C@@H](c4ccccc4)[C@H](C(=O)O[C@@H]4CC5C[C@@H](O)CC4N5C)[C@]3(C)C(=O)O[C@@H]3CC4C[C@@H](O)CC3N4C)CC1N2C. The van der Waals surface area contributed by atoms with E-state index in [1.165, 1.54) is 0 Å². The van der Waals surface area contributed by atoms with Crippen LogP contribution in [0.25, 0.3) is 0 Å². The van der Waals surface area contributed by atoms with E-state index in [0.29, 0.717) is 63.4 Å². The first-order valence-corrected chi connectivity index (χ1v) is 20.7. The summed E-state index contributed by atoms with van der Waals surface area (Å²) in [6, 6.07) is 9.06. The first kappa shape index (κ1) is 39.5. The van der Waals surface area contributed by atoms with E-state index in [4.69, 9.17) is 18.9 Å². The van der Waals surface area contributed by atoms with Crippen molar-refractivity contribution >= 4 is 23.9 Å². The molecule has 6 heterocycles. The lowest BCUT2D eigenvalue weighted by molar-refractivity contribution is -0.210. The maximum Gasteiger partial charge on any atom is 0.333 e. The smallest absolute Gasteiger partial charge is 0.333 e. The number of aliphatic hydroxyl groups is 2. The Hall–Kier alpha value is -3.36. The minimum atomic E-state index is -1.62. The molecule has 6 unspecified atom stereocenters. The van der Waals surface area contributed by atoms with Crippen LogP contribution < -0.4 is 0 Å². The van der Waals surface area contributed by atoms with Gasteiger partial charge in [-0.05, 0) is 73.2 Å². The average molecular weight is 778 g/mol. The summed E-state index contributed by atoms with van der Waals surface area (Å²) in [5.41, 5.74) is -0.347. The molecule has 8 rings (SSSR count). The summed E-state index contributed by atoms with van der Waals surface area (Å²) in [7, 11) is 5.99. The lowest BCUT2D eigenvalue weighted by Crippen LogP contribution is -2.65. The van der Waals surface area contributed by atoms with Crippen molar-refractivity contribution in [1.29, 1.82) is 0 Å². The number of hydrogen-bond acceptors (Lipinski definition) is 13. The van der Waals surface area contributed by atoms with Crippen molar-refractivity contribution in [1.82, 2.24) is 14.7 Å². The Morgan fingerprint density at radius 3 is 1.70 bits per heavy atom. The van der Waals surface area contributed by atoms with E-state index in [9.17, 15) is 29.4 Å². The van der Waals surface area contributed by atoms with Gasteiger partial charge in [0.1, 0.15) is 24.4 Å². The van der Waals surface area contributed by atoms with Crippen LogP contribution in [0.3, 0.4) is 0 Å². The van der Waals surface area contributed by atoms with E-state index in [-0.39, 0.29) is 48.3 Å². The van der Waals surface area contributed by atoms with Crippen molar-refractivity contribution in [3.8, 4) is 0 Å².